The van der Waals surface area contributed by atoms with Crippen LogP contribution in [0.1, 0.15) is 26.0 Å². The summed E-state index contributed by atoms with van der Waals surface area (Å²) in [4.78, 5) is 4.18. The Kier molecular flexibility index (Phi) is 5.17. The monoisotopic (exact) mass is 265 g/mol. The van der Waals surface area contributed by atoms with Crippen molar-refractivity contribution >= 4 is 34.8 Å². The highest BCUT2D eigenvalue weighted by molar-refractivity contribution is 6.34. The van der Waals surface area contributed by atoms with E-state index < -0.39 is 0 Å². The molecule has 15 heavy (non-hydrogen) atoms. The minimum atomic E-state index is 0.0798. The van der Waals surface area contributed by atoms with Crippen LogP contribution in [0.5, 0.6) is 0 Å². The molecule has 0 aliphatic carbocycles. The topological polar surface area (TPSA) is 12.9 Å². The standard InChI is InChI=1S/C11H14Cl3N/c1-7(2)3-8(12)5-11-10(14)4-9(13)6-15-11/h4,6-8H,3,5H2,1-2H3. The van der Waals surface area contributed by atoms with Crippen LogP contribution in [-0.4, -0.2) is 10.4 Å². The molecule has 1 atom stereocenters. The summed E-state index contributed by atoms with van der Waals surface area (Å²) in [6.07, 6.45) is 3.25. The third-order valence-corrected chi connectivity index (χ3v) is 2.89. The minimum absolute atomic E-state index is 0.0798. The second-order valence-corrected chi connectivity index (χ2v) is 5.47. The SMILES string of the molecule is CC(C)CC(Cl)Cc1ncc(Cl)cc1Cl. The Morgan fingerprint density at radius 1 is 1.33 bits per heavy atom. The van der Waals surface area contributed by atoms with Crippen LogP contribution < -0.4 is 0 Å². The molecule has 4 heteroatoms. The third kappa shape index (κ3) is 4.58. The number of nitrogens with zero attached hydrogens (tertiary/aromatic N) is 1. The van der Waals surface area contributed by atoms with Gasteiger partial charge in [-0.25, -0.2) is 0 Å². The van der Waals surface area contributed by atoms with Gasteiger partial charge in [-0.2, -0.15) is 0 Å². The zero-order chi connectivity index (χ0) is 11.4. The molecule has 0 amide bonds. The van der Waals surface area contributed by atoms with Gasteiger partial charge < -0.3 is 0 Å². The molecule has 1 nitrogen and oxygen atoms in total. The lowest BCUT2D eigenvalue weighted by Crippen LogP contribution is -2.08. The third-order valence-electron chi connectivity index (χ3n) is 2.03. The van der Waals surface area contributed by atoms with Crippen molar-refractivity contribution in [2.45, 2.75) is 32.1 Å². The molecule has 1 unspecified atom stereocenters. The van der Waals surface area contributed by atoms with Gasteiger partial charge in [0.25, 0.3) is 0 Å². The van der Waals surface area contributed by atoms with Crippen molar-refractivity contribution in [3.05, 3.63) is 28.0 Å². The van der Waals surface area contributed by atoms with Crippen LogP contribution in [0.25, 0.3) is 0 Å². The van der Waals surface area contributed by atoms with Gasteiger partial charge in [0, 0.05) is 18.0 Å². The van der Waals surface area contributed by atoms with Crippen LogP contribution in [0.3, 0.4) is 0 Å². The highest BCUT2D eigenvalue weighted by Crippen LogP contribution is 2.22. The van der Waals surface area contributed by atoms with Gasteiger partial charge in [0.1, 0.15) is 0 Å². The average Bonchev–Trinajstić information content (AvgIpc) is 2.08. The van der Waals surface area contributed by atoms with Crippen LogP contribution in [0, 0.1) is 5.92 Å². The Hall–Kier alpha value is 0.0200. The fourth-order valence-corrected chi connectivity index (χ4v) is 2.36. The van der Waals surface area contributed by atoms with E-state index in [9.17, 15) is 0 Å². The summed E-state index contributed by atoms with van der Waals surface area (Å²) >= 11 is 18.0. The Balaban J connectivity index is 2.64. The number of hydrogen-bond acceptors (Lipinski definition) is 1. The molecule has 1 aromatic heterocycles. The van der Waals surface area contributed by atoms with Crippen molar-refractivity contribution in [1.29, 1.82) is 0 Å². The molecule has 0 saturated carbocycles. The molecular weight excluding hydrogens is 252 g/mol. The number of hydrogen-bond donors (Lipinski definition) is 0. The first-order chi connectivity index (χ1) is 6.99. The predicted molar refractivity (Wildman–Crippen MR) is 67.1 cm³/mol. The maximum atomic E-state index is 6.19. The van der Waals surface area contributed by atoms with Gasteiger partial charge in [-0.15, -0.1) is 11.6 Å². The van der Waals surface area contributed by atoms with Crippen molar-refractivity contribution in [1.82, 2.24) is 4.98 Å². The van der Waals surface area contributed by atoms with Crippen molar-refractivity contribution in [3.8, 4) is 0 Å². The van der Waals surface area contributed by atoms with Crippen LogP contribution in [-0.2, 0) is 6.42 Å². The van der Waals surface area contributed by atoms with Crippen molar-refractivity contribution in [3.63, 3.8) is 0 Å². The highest BCUT2D eigenvalue weighted by Gasteiger charge is 2.11. The first kappa shape index (κ1) is 13.1. The number of alkyl halides is 1. The molecule has 0 fully saturated rings. The second-order valence-electron chi connectivity index (χ2n) is 4.01. The number of aromatic nitrogens is 1. The number of pyridine rings is 1. The molecule has 0 N–H and O–H groups in total. The first-order valence-corrected chi connectivity index (χ1v) is 6.12. The molecule has 1 aromatic rings. The molecule has 0 aromatic carbocycles. The van der Waals surface area contributed by atoms with E-state index in [2.05, 4.69) is 18.8 Å². The van der Waals surface area contributed by atoms with Gasteiger partial charge in [0.05, 0.1) is 15.7 Å². The van der Waals surface area contributed by atoms with Crippen LogP contribution >= 0.6 is 34.8 Å². The van der Waals surface area contributed by atoms with Crippen molar-refractivity contribution < 1.29 is 0 Å². The lowest BCUT2D eigenvalue weighted by Gasteiger charge is -2.12. The van der Waals surface area contributed by atoms with Gasteiger partial charge in [-0.1, -0.05) is 37.0 Å². The van der Waals surface area contributed by atoms with Gasteiger partial charge >= 0.3 is 0 Å². The maximum Gasteiger partial charge on any atom is 0.0636 e. The van der Waals surface area contributed by atoms with Crippen LogP contribution in [0.15, 0.2) is 12.3 Å². The summed E-state index contributed by atoms with van der Waals surface area (Å²) in [6.45, 7) is 4.29. The summed E-state index contributed by atoms with van der Waals surface area (Å²) < 4.78 is 0. The van der Waals surface area contributed by atoms with E-state index in [1.807, 2.05) is 0 Å². The van der Waals surface area contributed by atoms with Gasteiger partial charge in [0.2, 0.25) is 0 Å². The van der Waals surface area contributed by atoms with Gasteiger partial charge in [0.15, 0.2) is 0 Å². The lowest BCUT2D eigenvalue weighted by atomic mass is 10.0. The normalized spacial score (nSPS) is 13.2. The summed E-state index contributed by atoms with van der Waals surface area (Å²) in [5.74, 6) is 0.582. The fraction of sp³-hybridized carbons (Fsp3) is 0.545. The maximum absolute atomic E-state index is 6.19. The van der Waals surface area contributed by atoms with E-state index in [0.717, 1.165) is 12.1 Å². The Morgan fingerprint density at radius 2 is 2.00 bits per heavy atom. The Labute approximate surface area is 106 Å². The molecular formula is C11H14Cl3N. The zero-order valence-electron chi connectivity index (χ0n) is 8.80. The Morgan fingerprint density at radius 3 is 2.53 bits per heavy atom. The van der Waals surface area contributed by atoms with E-state index in [-0.39, 0.29) is 5.38 Å². The molecule has 1 heterocycles. The highest BCUT2D eigenvalue weighted by atomic mass is 35.5. The average molecular weight is 267 g/mol. The quantitative estimate of drug-likeness (QED) is 0.727. The molecule has 84 valence electrons. The molecule has 0 spiro atoms. The molecule has 0 saturated heterocycles. The summed E-state index contributed by atoms with van der Waals surface area (Å²) in [7, 11) is 0. The number of rotatable bonds is 4. The van der Waals surface area contributed by atoms with Crippen molar-refractivity contribution in [2.75, 3.05) is 0 Å². The second kappa shape index (κ2) is 5.93. The van der Waals surface area contributed by atoms with E-state index in [1.54, 1.807) is 12.3 Å². The van der Waals surface area contributed by atoms with Gasteiger partial charge in [-0.3, -0.25) is 4.98 Å². The van der Waals surface area contributed by atoms with Crippen LogP contribution in [0.2, 0.25) is 10.0 Å². The van der Waals surface area contributed by atoms with E-state index in [1.165, 1.54) is 0 Å². The summed E-state index contributed by atoms with van der Waals surface area (Å²) in [5.41, 5.74) is 0.821. The van der Waals surface area contributed by atoms with E-state index in [4.69, 9.17) is 34.8 Å². The molecule has 1 rings (SSSR count). The van der Waals surface area contributed by atoms with Crippen molar-refractivity contribution in [2.24, 2.45) is 5.92 Å². The Bertz CT molecular complexity index is 326. The first-order valence-electron chi connectivity index (χ1n) is 4.93. The fourth-order valence-electron chi connectivity index (χ4n) is 1.40. The lowest BCUT2D eigenvalue weighted by molar-refractivity contribution is 0.559. The molecule has 0 aliphatic rings. The zero-order valence-corrected chi connectivity index (χ0v) is 11.1. The minimum Gasteiger partial charge on any atom is -0.258 e. The molecule has 0 bridgehead atoms. The predicted octanol–water partition coefficient (Wildman–Crippen LogP) is 4.58. The van der Waals surface area contributed by atoms with E-state index >= 15 is 0 Å². The summed E-state index contributed by atoms with van der Waals surface area (Å²) in [6, 6.07) is 1.70. The molecule has 0 aliphatic heterocycles. The molecule has 0 radical (unpaired) electrons. The smallest absolute Gasteiger partial charge is 0.0636 e. The largest absolute Gasteiger partial charge is 0.258 e. The van der Waals surface area contributed by atoms with Crippen LogP contribution in [0.4, 0.5) is 0 Å². The summed E-state index contributed by atoms with van der Waals surface area (Å²) in [5, 5.41) is 1.23. The van der Waals surface area contributed by atoms with E-state index in [0.29, 0.717) is 22.4 Å². The van der Waals surface area contributed by atoms with Gasteiger partial charge in [-0.05, 0) is 18.4 Å². The number of halogens is 3.